The van der Waals surface area contributed by atoms with Crippen molar-refractivity contribution in [2.24, 2.45) is 0 Å². The second kappa shape index (κ2) is 63.5. The van der Waals surface area contributed by atoms with Crippen LogP contribution in [0.15, 0.2) is 85.1 Å². The zero-order valence-electron chi connectivity index (χ0n) is 54.1. The summed E-state index contributed by atoms with van der Waals surface area (Å²) in [4.78, 5) is 37.6. The topological polar surface area (TPSA) is 108 Å². The number of aliphatic carboxylic acids is 1. The average molecular weight is 1150 g/mol. The molecule has 0 rings (SSSR count). The molecule has 0 aliphatic heterocycles. The predicted octanol–water partition coefficient (Wildman–Crippen LogP) is 21.1. The molecular formula is C73H130NO8+. The number of likely N-dealkylation sites (N-methyl/N-ethyl adjacent to an activating group) is 1. The largest absolute Gasteiger partial charge is 0.477 e. The molecule has 2 atom stereocenters. The Hall–Kier alpha value is -3.53. The number of nitrogens with zero attached hydrogens (tertiary/aromatic N) is 1. The van der Waals surface area contributed by atoms with E-state index in [1.165, 1.54) is 193 Å². The molecule has 0 spiro atoms. The van der Waals surface area contributed by atoms with Crippen molar-refractivity contribution in [3.8, 4) is 0 Å². The Morgan fingerprint density at radius 1 is 0.378 bits per heavy atom. The van der Waals surface area contributed by atoms with Crippen LogP contribution in [0, 0.1) is 0 Å². The van der Waals surface area contributed by atoms with Gasteiger partial charge in [0.25, 0.3) is 6.29 Å². The van der Waals surface area contributed by atoms with Crippen molar-refractivity contribution in [1.82, 2.24) is 0 Å². The molecule has 0 amide bonds. The molecule has 0 saturated heterocycles. The average Bonchev–Trinajstić information content (AvgIpc) is 3.47. The first-order chi connectivity index (χ1) is 40.1. The number of hydrogen-bond acceptors (Lipinski definition) is 7. The minimum atomic E-state index is -1.51. The highest BCUT2D eigenvalue weighted by Gasteiger charge is 2.25. The van der Waals surface area contributed by atoms with E-state index < -0.39 is 24.3 Å². The highest BCUT2D eigenvalue weighted by Crippen LogP contribution is 2.18. The number of esters is 2. The Bertz CT molecular complexity index is 1620. The zero-order valence-corrected chi connectivity index (χ0v) is 54.1. The Labute approximate surface area is 506 Å². The second-order valence-electron chi connectivity index (χ2n) is 24.1. The van der Waals surface area contributed by atoms with Gasteiger partial charge in [-0.15, -0.1) is 0 Å². The van der Waals surface area contributed by atoms with Gasteiger partial charge in [0.15, 0.2) is 6.10 Å². The lowest BCUT2D eigenvalue weighted by Crippen LogP contribution is -2.40. The van der Waals surface area contributed by atoms with Gasteiger partial charge in [-0.05, 0) is 70.6 Å². The van der Waals surface area contributed by atoms with Crippen molar-refractivity contribution in [3.05, 3.63) is 85.1 Å². The summed E-state index contributed by atoms with van der Waals surface area (Å²) in [5.41, 5.74) is 0. The van der Waals surface area contributed by atoms with Crippen LogP contribution in [-0.2, 0) is 33.3 Å². The first kappa shape index (κ1) is 78.5. The molecule has 0 heterocycles. The zero-order chi connectivity index (χ0) is 59.8. The number of carboxylic acid groups (broad SMARTS) is 1. The van der Waals surface area contributed by atoms with Crippen LogP contribution in [0.3, 0.4) is 0 Å². The summed E-state index contributed by atoms with van der Waals surface area (Å²) >= 11 is 0. The fraction of sp³-hybridized carbons (Fsp3) is 0.767. The van der Waals surface area contributed by atoms with Gasteiger partial charge in [0.2, 0.25) is 0 Å². The number of carbonyl (C=O) groups is 3. The van der Waals surface area contributed by atoms with Crippen molar-refractivity contribution in [2.75, 3.05) is 47.5 Å². The number of quaternary nitrogens is 1. The van der Waals surface area contributed by atoms with Gasteiger partial charge in [-0.3, -0.25) is 9.59 Å². The fourth-order valence-corrected chi connectivity index (χ4v) is 9.70. The molecule has 1 N–H and O–H groups in total. The van der Waals surface area contributed by atoms with E-state index in [0.717, 1.165) is 83.5 Å². The van der Waals surface area contributed by atoms with E-state index in [-0.39, 0.29) is 32.2 Å². The molecule has 0 radical (unpaired) electrons. The lowest BCUT2D eigenvalue weighted by molar-refractivity contribution is -0.870. The molecule has 82 heavy (non-hydrogen) atoms. The van der Waals surface area contributed by atoms with E-state index in [4.69, 9.17) is 18.9 Å². The van der Waals surface area contributed by atoms with E-state index in [2.05, 4.69) is 98.9 Å². The molecule has 2 unspecified atom stereocenters. The number of ether oxygens (including phenoxy) is 4. The van der Waals surface area contributed by atoms with E-state index in [1.54, 1.807) is 0 Å². The first-order valence-electron chi connectivity index (χ1n) is 34.3. The van der Waals surface area contributed by atoms with Crippen molar-refractivity contribution in [2.45, 2.75) is 315 Å². The number of carboxylic acids is 1. The van der Waals surface area contributed by atoms with Crippen molar-refractivity contribution < 1.29 is 42.9 Å². The van der Waals surface area contributed by atoms with Gasteiger partial charge in [0.05, 0.1) is 34.4 Å². The van der Waals surface area contributed by atoms with Gasteiger partial charge in [0.1, 0.15) is 13.2 Å². The maximum atomic E-state index is 12.9. The molecule has 0 fully saturated rings. The lowest BCUT2D eigenvalue weighted by atomic mass is 10.0. The highest BCUT2D eigenvalue weighted by atomic mass is 16.7. The molecular weight excluding hydrogens is 1020 g/mol. The summed E-state index contributed by atoms with van der Waals surface area (Å²) in [7, 11) is 5.98. The third-order valence-corrected chi connectivity index (χ3v) is 14.9. The molecule has 0 aliphatic carbocycles. The van der Waals surface area contributed by atoms with Crippen LogP contribution in [-0.4, -0.2) is 87.4 Å². The number of hydrogen-bond donors (Lipinski definition) is 1. The highest BCUT2D eigenvalue weighted by molar-refractivity contribution is 5.71. The van der Waals surface area contributed by atoms with Gasteiger partial charge < -0.3 is 28.5 Å². The normalized spacial score (nSPS) is 13.2. The van der Waals surface area contributed by atoms with E-state index in [1.807, 2.05) is 21.1 Å². The molecule has 474 valence electrons. The van der Waals surface area contributed by atoms with Crippen LogP contribution in [0.2, 0.25) is 0 Å². The molecule has 9 heteroatoms. The number of unbranched alkanes of at least 4 members (excludes halogenated alkanes) is 34. The molecule has 9 nitrogen and oxygen atoms in total. The summed E-state index contributed by atoms with van der Waals surface area (Å²) in [5, 5.41) is 9.74. The third-order valence-electron chi connectivity index (χ3n) is 14.9. The maximum absolute atomic E-state index is 12.9. The first-order valence-corrected chi connectivity index (χ1v) is 34.3. The van der Waals surface area contributed by atoms with E-state index >= 15 is 0 Å². The van der Waals surface area contributed by atoms with Crippen molar-refractivity contribution in [3.63, 3.8) is 0 Å². The monoisotopic (exact) mass is 1150 g/mol. The quantitative estimate of drug-likeness (QED) is 0.0211. The number of allylic oxidation sites excluding steroid dienone is 14. The Morgan fingerprint density at radius 2 is 0.695 bits per heavy atom. The lowest BCUT2D eigenvalue weighted by Gasteiger charge is -2.25. The van der Waals surface area contributed by atoms with Gasteiger partial charge >= 0.3 is 17.9 Å². The van der Waals surface area contributed by atoms with Crippen LogP contribution < -0.4 is 0 Å². The van der Waals surface area contributed by atoms with E-state index in [0.29, 0.717) is 17.4 Å². The summed E-state index contributed by atoms with van der Waals surface area (Å²) < 4.78 is 23.0. The van der Waals surface area contributed by atoms with Crippen LogP contribution >= 0.6 is 0 Å². The second-order valence-corrected chi connectivity index (χ2v) is 24.1. The number of rotatable bonds is 63. The predicted molar refractivity (Wildman–Crippen MR) is 350 cm³/mol. The smallest absolute Gasteiger partial charge is 0.361 e. The third kappa shape index (κ3) is 64.0. The Kier molecular flexibility index (Phi) is 60.8. The van der Waals surface area contributed by atoms with Gasteiger partial charge in [0, 0.05) is 12.8 Å². The molecule has 0 aromatic carbocycles. The van der Waals surface area contributed by atoms with Gasteiger partial charge in [-0.25, -0.2) is 4.79 Å². The molecule has 0 aromatic heterocycles. The Morgan fingerprint density at radius 3 is 1.04 bits per heavy atom. The molecule has 0 bridgehead atoms. The molecule has 0 aromatic rings. The SMILES string of the molecule is CC/C=C\C/C=C\C/C=C\C/C=C\C/C=C\C/C=C\C/C=C\CCCCCCCCCCCCCCCCCC(=O)OC(COC(=O)CCCCCCCCCCCCCCCCCCCCCC)COC(OCC[N+](C)(C)C)C(=O)O. The number of carbonyl (C=O) groups excluding carboxylic acids is 2. The van der Waals surface area contributed by atoms with Crippen molar-refractivity contribution in [1.29, 1.82) is 0 Å². The van der Waals surface area contributed by atoms with E-state index in [9.17, 15) is 19.5 Å². The van der Waals surface area contributed by atoms with Crippen LogP contribution in [0.4, 0.5) is 0 Å². The summed E-state index contributed by atoms with van der Waals surface area (Å²) in [5.74, 6) is -1.99. The molecule has 0 aliphatic rings. The minimum absolute atomic E-state index is 0.180. The maximum Gasteiger partial charge on any atom is 0.361 e. The standard InChI is InChI=1S/C73H129NO8/c1-6-8-10-12-14-16-18-20-22-24-26-28-29-30-31-32-33-34-35-36-37-38-39-40-41-42-43-44-46-48-50-52-54-56-58-60-62-64-71(76)82-69(68-81-73(72(77)78)79-66-65-74(3,4)5)67-80-70(75)63-61-59-57-55-53-51-49-47-45-27-25-23-21-19-17-15-13-11-9-7-2/h8,10,14,16,20,22,26,28,30-31,33-34,36-37,69,73H,6-7,9,11-13,15,17-19,21,23-25,27,29,32,35,38-68H2,1-5H3/p+1/b10-8-,16-14-,22-20-,28-26-,31-30-,34-33-,37-36-. The van der Waals surface area contributed by atoms with Crippen LogP contribution in [0.25, 0.3) is 0 Å². The summed E-state index contributed by atoms with van der Waals surface area (Å²) in [6.45, 7) is 4.80. The Balaban J connectivity index is 4.08. The fourth-order valence-electron chi connectivity index (χ4n) is 9.70. The van der Waals surface area contributed by atoms with Crippen molar-refractivity contribution >= 4 is 17.9 Å². The van der Waals surface area contributed by atoms with Crippen LogP contribution in [0.5, 0.6) is 0 Å². The van der Waals surface area contributed by atoms with Crippen LogP contribution in [0.1, 0.15) is 303 Å². The minimum Gasteiger partial charge on any atom is -0.477 e. The summed E-state index contributed by atoms with van der Waals surface area (Å²) in [6.07, 6.45) is 82.6. The summed E-state index contributed by atoms with van der Waals surface area (Å²) in [6, 6.07) is 0. The molecule has 0 saturated carbocycles. The van der Waals surface area contributed by atoms with Gasteiger partial charge in [-0.1, -0.05) is 304 Å². The van der Waals surface area contributed by atoms with Gasteiger partial charge in [-0.2, -0.15) is 0 Å².